The van der Waals surface area contributed by atoms with Gasteiger partial charge in [-0.25, -0.2) is 26.7 Å². The fourth-order valence-electron chi connectivity index (χ4n) is 1.12. The highest BCUT2D eigenvalue weighted by Crippen LogP contribution is 2.14. The third kappa shape index (κ3) is 3.70. The average Bonchev–Trinajstić information content (AvgIpc) is 2.24. The molecule has 0 spiro atoms. The largest absolute Gasteiger partial charge is 0.346 e. The minimum Gasteiger partial charge on any atom is -0.346 e. The highest BCUT2D eigenvalue weighted by molar-refractivity contribution is 7.89. The summed E-state index contributed by atoms with van der Waals surface area (Å²) in [6.45, 7) is -0.960. The Bertz CT molecular complexity index is 560. The molecule has 1 amide bonds. The van der Waals surface area contributed by atoms with Crippen LogP contribution in [0.5, 0.6) is 0 Å². The van der Waals surface area contributed by atoms with E-state index in [4.69, 9.17) is 5.14 Å². The lowest BCUT2D eigenvalue weighted by Crippen LogP contribution is -2.29. The first-order valence-corrected chi connectivity index (χ1v) is 6.15. The number of hydrogen-bond donors (Lipinski definition) is 2. The molecular formula is C9H9F3N2O3S. The highest BCUT2D eigenvalue weighted by atomic mass is 32.2. The minimum absolute atomic E-state index is 0.480. The summed E-state index contributed by atoms with van der Waals surface area (Å²) in [5.74, 6) is -2.17. The first-order chi connectivity index (χ1) is 8.21. The summed E-state index contributed by atoms with van der Waals surface area (Å²) in [5.41, 5.74) is -0.665. The van der Waals surface area contributed by atoms with Crippen molar-refractivity contribution in [2.75, 3.05) is 6.54 Å². The monoisotopic (exact) mass is 282 g/mol. The van der Waals surface area contributed by atoms with Gasteiger partial charge in [-0.1, -0.05) is 0 Å². The number of alkyl halides is 2. The van der Waals surface area contributed by atoms with Crippen molar-refractivity contribution in [2.45, 2.75) is 11.3 Å². The molecule has 0 saturated heterocycles. The van der Waals surface area contributed by atoms with Gasteiger partial charge in [0.2, 0.25) is 10.0 Å². The molecule has 1 aromatic rings. The van der Waals surface area contributed by atoms with E-state index < -0.39 is 45.2 Å². The van der Waals surface area contributed by atoms with Gasteiger partial charge in [-0.05, 0) is 18.2 Å². The van der Waals surface area contributed by atoms with Gasteiger partial charge in [0.15, 0.2) is 0 Å². The summed E-state index contributed by atoms with van der Waals surface area (Å²) >= 11 is 0. The predicted molar refractivity (Wildman–Crippen MR) is 56.1 cm³/mol. The van der Waals surface area contributed by atoms with Crippen LogP contribution < -0.4 is 10.5 Å². The van der Waals surface area contributed by atoms with Gasteiger partial charge in [0, 0.05) is 0 Å². The molecule has 0 aliphatic heterocycles. The van der Waals surface area contributed by atoms with Crippen LogP contribution in [0.4, 0.5) is 13.2 Å². The maximum atomic E-state index is 13.2. The number of halogens is 3. The number of amides is 1. The Kier molecular flexibility index (Phi) is 4.30. The van der Waals surface area contributed by atoms with Crippen LogP contribution in [0.15, 0.2) is 23.1 Å². The number of nitrogens with two attached hydrogens (primary N) is 1. The average molecular weight is 282 g/mol. The van der Waals surface area contributed by atoms with E-state index in [0.29, 0.717) is 6.07 Å². The van der Waals surface area contributed by atoms with E-state index in [2.05, 4.69) is 0 Å². The molecule has 0 aliphatic rings. The molecule has 0 radical (unpaired) electrons. The topological polar surface area (TPSA) is 89.3 Å². The Morgan fingerprint density at radius 2 is 2.00 bits per heavy atom. The maximum Gasteiger partial charge on any atom is 0.255 e. The molecule has 0 heterocycles. The second-order valence-electron chi connectivity index (χ2n) is 3.29. The second-order valence-corrected chi connectivity index (χ2v) is 4.85. The van der Waals surface area contributed by atoms with Crippen molar-refractivity contribution in [1.29, 1.82) is 0 Å². The SMILES string of the molecule is NS(=O)(=O)c1ccc(F)c(C(=O)NCC(F)F)c1. The van der Waals surface area contributed by atoms with E-state index in [-0.39, 0.29) is 0 Å². The summed E-state index contributed by atoms with van der Waals surface area (Å²) in [7, 11) is -4.10. The molecule has 0 atom stereocenters. The van der Waals surface area contributed by atoms with Gasteiger partial charge in [0.1, 0.15) is 5.82 Å². The van der Waals surface area contributed by atoms with E-state index in [0.717, 1.165) is 12.1 Å². The first-order valence-electron chi connectivity index (χ1n) is 4.60. The maximum absolute atomic E-state index is 13.2. The third-order valence-electron chi connectivity index (χ3n) is 1.93. The normalized spacial score (nSPS) is 11.6. The molecule has 1 aromatic carbocycles. The number of nitrogens with one attached hydrogen (secondary N) is 1. The Hall–Kier alpha value is -1.61. The van der Waals surface area contributed by atoms with Crippen LogP contribution in [-0.4, -0.2) is 27.3 Å². The van der Waals surface area contributed by atoms with E-state index in [1.54, 1.807) is 5.32 Å². The van der Waals surface area contributed by atoms with Crippen molar-refractivity contribution < 1.29 is 26.4 Å². The number of rotatable bonds is 4. The molecule has 9 heteroatoms. The van der Waals surface area contributed by atoms with Gasteiger partial charge < -0.3 is 5.32 Å². The lowest BCUT2D eigenvalue weighted by Gasteiger charge is -2.06. The molecule has 0 bridgehead atoms. The molecule has 1 rings (SSSR count). The Morgan fingerprint density at radius 1 is 1.39 bits per heavy atom. The zero-order chi connectivity index (χ0) is 13.9. The van der Waals surface area contributed by atoms with Gasteiger partial charge in [0.25, 0.3) is 12.3 Å². The molecule has 5 nitrogen and oxygen atoms in total. The lowest BCUT2D eigenvalue weighted by atomic mass is 10.2. The number of carbonyl (C=O) groups is 1. The van der Waals surface area contributed by atoms with Crippen LogP contribution in [0.1, 0.15) is 10.4 Å². The summed E-state index contributed by atoms with van der Waals surface area (Å²) in [4.78, 5) is 10.8. The Balaban J connectivity index is 3.05. The molecule has 0 unspecified atom stereocenters. The van der Waals surface area contributed by atoms with E-state index >= 15 is 0 Å². The van der Waals surface area contributed by atoms with Crippen molar-refractivity contribution in [3.8, 4) is 0 Å². The number of benzene rings is 1. The fraction of sp³-hybridized carbons (Fsp3) is 0.222. The van der Waals surface area contributed by atoms with Crippen LogP contribution >= 0.6 is 0 Å². The van der Waals surface area contributed by atoms with Crippen LogP contribution in [0.25, 0.3) is 0 Å². The molecular weight excluding hydrogens is 273 g/mol. The molecule has 0 fully saturated rings. The summed E-state index contributed by atoms with van der Waals surface area (Å²) in [6.07, 6.45) is -2.79. The lowest BCUT2D eigenvalue weighted by molar-refractivity contribution is 0.0887. The van der Waals surface area contributed by atoms with Gasteiger partial charge in [0.05, 0.1) is 17.0 Å². The second kappa shape index (κ2) is 5.36. The van der Waals surface area contributed by atoms with E-state index in [9.17, 15) is 26.4 Å². The quantitative estimate of drug-likeness (QED) is 0.841. The van der Waals surface area contributed by atoms with Crippen molar-refractivity contribution in [3.05, 3.63) is 29.6 Å². The van der Waals surface area contributed by atoms with E-state index in [1.807, 2.05) is 0 Å². The number of carbonyl (C=O) groups excluding carboxylic acids is 1. The van der Waals surface area contributed by atoms with Crippen LogP contribution in [-0.2, 0) is 10.0 Å². The molecule has 0 aliphatic carbocycles. The number of hydrogen-bond acceptors (Lipinski definition) is 3. The summed E-state index contributed by atoms with van der Waals surface area (Å²) < 4.78 is 58.9. The fourth-order valence-corrected chi connectivity index (χ4v) is 1.66. The first kappa shape index (κ1) is 14.5. The zero-order valence-electron chi connectivity index (χ0n) is 8.86. The van der Waals surface area contributed by atoms with Crippen LogP contribution in [0.2, 0.25) is 0 Å². The number of sulfonamides is 1. The van der Waals surface area contributed by atoms with Crippen LogP contribution in [0.3, 0.4) is 0 Å². The molecule has 18 heavy (non-hydrogen) atoms. The summed E-state index contributed by atoms with van der Waals surface area (Å²) in [5, 5.41) is 6.55. The highest BCUT2D eigenvalue weighted by Gasteiger charge is 2.17. The molecule has 0 aromatic heterocycles. The van der Waals surface area contributed by atoms with Gasteiger partial charge in [-0.15, -0.1) is 0 Å². The molecule has 100 valence electrons. The minimum atomic E-state index is -4.10. The molecule has 0 saturated carbocycles. The Morgan fingerprint density at radius 3 is 2.50 bits per heavy atom. The third-order valence-corrected chi connectivity index (χ3v) is 2.84. The van der Waals surface area contributed by atoms with Gasteiger partial charge >= 0.3 is 0 Å². The molecule has 3 N–H and O–H groups in total. The van der Waals surface area contributed by atoms with Gasteiger partial charge in [-0.3, -0.25) is 4.79 Å². The Labute approximate surface area is 101 Å². The summed E-state index contributed by atoms with van der Waals surface area (Å²) in [6, 6.07) is 2.27. The van der Waals surface area contributed by atoms with Crippen molar-refractivity contribution >= 4 is 15.9 Å². The van der Waals surface area contributed by atoms with Crippen LogP contribution in [0, 0.1) is 5.82 Å². The van der Waals surface area contributed by atoms with Crippen molar-refractivity contribution in [1.82, 2.24) is 5.32 Å². The predicted octanol–water partition coefficient (Wildman–Crippen LogP) is 0.468. The van der Waals surface area contributed by atoms with Gasteiger partial charge in [-0.2, -0.15) is 0 Å². The number of primary sulfonamides is 1. The smallest absolute Gasteiger partial charge is 0.255 e. The van der Waals surface area contributed by atoms with E-state index in [1.165, 1.54) is 0 Å². The van der Waals surface area contributed by atoms with Crippen molar-refractivity contribution in [2.24, 2.45) is 5.14 Å². The standard InChI is InChI=1S/C9H9F3N2O3S/c10-7-2-1-5(18(13,16)17)3-6(7)9(15)14-4-8(11)12/h1-3,8H,4H2,(H,14,15)(H2,13,16,17). The van der Waals surface area contributed by atoms with Crippen molar-refractivity contribution in [3.63, 3.8) is 0 Å². The zero-order valence-corrected chi connectivity index (χ0v) is 9.68.